The number of halogens is 5. The lowest BCUT2D eigenvalue weighted by molar-refractivity contribution is 0.0730. The summed E-state index contributed by atoms with van der Waals surface area (Å²) in [6.45, 7) is 1.68. The Morgan fingerprint density at radius 3 is 2.12 bits per heavy atom. The van der Waals surface area contributed by atoms with Crippen LogP contribution in [0.3, 0.4) is 0 Å². The molecule has 0 saturated heterocycles. The van der Waals surface area contributed by atoms with Crippen molar-refractivity contribution in [3.8, 4) is 11.5 Å². The van der Waals surface area contributed by atoms with Gasteiger partial charge in [-0.05, 0) is 60.3 Å². The Morgan fingerprint density at radius 2 is 1.38 bits per heavy atom. The van der Waals surface area contributed by atoms with E-state index < -0.39 is 46.6 Å². The fraction of sp³-hybridized carbons (Fsp3) is 0.0400. The van der Waals surface area contributed by atoms with Gasteiger partial charge in [0.25, 0.3) is 0 Å². The van der Waals surface area contributed by atoms with Gasteiger partial charge in [-0.15, -0.1) is 0 Å². The highest BCUT2D eigenvalue weighted by Gasteiger charge is 2.23. The van der Waals surface area contributed by atoms with Crippen LogP contribution in [-0.2, 0) is 0 Å². The van der Waals surface area contributed by atoms with E-state index in [1.807, 2.05) is 0 Å². The molecule has 34 heavy (non-hydrogen) atoms. The molecule has 4 aromatic carbocycles. The van der Waals surface area contributed by atoms with Crippen molar-refractivity contribution in [3.63, 3.8) is 0 Å². The maximum Gasteiger partial charge on any atom is 0.346 e. The van der Waals surface area contributed by atoms with E-state index in [-0.39, 0.29) is 22.4 Å². The third-order valence-electron chi connectivity index (χ3n) is 4.86. The van der Waals surface area contributed by atoms with Gasteiger partial charge in [0, 0.05) is 0 Å². The van der Waals surface area contributed by atoms with Gasteiger partial charge in [-0.3, -0.25) is 0 Å². The standard InChI is InChI=1S/C25H13F5O4/c1-12-9-13-3-2-4-19(33-24(31)14-5-7-16(26)18(28)11-14)21(13)20(10-12)34-25(32)15-6-8-17(27)23(30)22(15)29/h2-11H,1H3. The van der Waals surface area contributed by atoms with Crippen molar-refractivity contribution < 1.29 is 41.0 Å². The number of carbonyl (C=O) groups excluding carboxylic acids is 2. The fourth-order valence-corrected chi connectivity index (χ4v) is 3.28. The smallest absolute Gasteiger partial charge is 0.346 e. The molecule has 0 aromatic heterocycles. The SMILES string of the molecule is Cc1cc(OC(=O)c2ccc(F)c(F)c2F)c2c(OC(=O)c3ccc(F)c(F)c3)cccc2c1. The van der Waals surface area contributed by atoms with E-state index in [1.54, 1.807) is 19.1 Å². The number of hydrogen-bond donors (Lipinski definition) is 0. The molecule has 0 unspecified atom stereocenters. The number of hydrogen-bond acceptors (Lipinski definition) is 4. The number of aryl methyl sites for hydroxylation is 1. The van der Waals surface area contributed by atoms with Crippen LogP contribution in [0.25, 0.3) is 10.8 Å². The Kier molecular flexibility index (Phi) is 6.02. The number of ether oxygens (including phenoxy) is 2. The zero-order chi connectivity index (χ0) is 24.6. The van der Waals surface area contributed by atoms with Gasteiger partial charge in [-0.25, -0.2) is 31.5 Å². The summed E-state index contributed by atoms with van der Waals surface area (Å²) in [7, 11) is 0. The average molecular weight is 472 g/mol. The first-order chi connectivity index (χ1) is 16.2. The van der Waals surface area contributed by atoms with Gasteiger partial charge >= 0.3 is 11.9 Å². The molecule has 4 nitrogen and oxygen atoms in total. The number of benzene rings is 4. The third kappa shape index (κ3) is 4.32. The predicted octanol–water partition coefficient (Wildman–Crippen LogP) is 6.28. The molecule has 0 fully saturated rings. The second-order valence-electron chi connectivity index (χ2n) is 7.25. The van der Waals surface area contributed by atoms with Crippen molar-refractivity contribution in [2.24, 2.45) is 0 Å². The Morgan fingerprint density at radius 1 is 0.676 bits per heavy atom. The lowest BCUT2D eigenvalue weighted by Crippen LogP contribution is -2.13. The van der Waals surface area contributed by atoms with Crippen LogP contribution in [0.4, 0.5) is 22.0 Å². The Bertz CT molecular complexity index is 1470. The molecule has 0 radical (unpaired) electrons. The summed E-state index contributed by atoms with van der Waals surface area (Å²) in [5, 5.41) is 0.588. The van der Waals surface area contributed by atoms with Crippen molar-refractivity contribution in [3.05, 3.63) is 106 Å². The number of carbonyl (C=O) groups is 2. The first-order valence-electron chi connectivity index (χ1n) is 9.72. The Labute approximate surface area is 189 Å². The molecule has 172 valence electrons. The first kappa shape index (κ1) is 22.9. The van der Waals surface area contributed by atoms with Crippen LogP contribution in [0, 0.1) is 36.0 Å². The minimum absolute atomic E-state index is 0.0965. The molecule has 9 heteroatoms. The van der Waals surface area contributed by atoms with Crippen molar-refractivity contribution in [2.75, 3.05) is 0 Å². The first-order valence-corrected chi connectivity index (χ1v) is 9.72. The van der Waals surface area contributed by atoms with E-state index in [2.05, 4.69) is 0 Å². The summed E-state index contributed by atoms with van der Waals surface area (Å²) in [6.07, 6.45) is 0. The second-order valence-corrected chi connectivity index (χ2v) is 7.25. The minimum Gasteiger partial charge on any atom is -0.422 e. The maximum absolute atomic E-state index is 14.1. The van der Waals surface area contributed by atoms with Crippen LogP contribution in [0.15, 0.2) is 60.7 Å². The topological polar surface area (TPSA) is 52.6 Å². The maximum atomic E-state index is 14.1. The van der Waals surface area contributed by atoms with E-state index in [0.717, 1.165) is 18.2 Å². The monoisotopic (exact) mass is 472 g/mol. The van der Waals surface area contributed by atoms with Crippen molar-refractivity contribution in [2.45, 2.75) is 6.92 Å². The molecule has 4 aromatic rings. The van der Waals surface area contributed by atoms with Crippen molar-refractivity contribution >= 4 is 22.7 Å². The van der Waals surface area contributed by atoms with Gasteiger partial charge in [-0.1, -0.05) is 18.2 Å². The van der Waals surface area contributed by atoms with Crippen LogP contribution in [0.5, 0.6) is 11.5 Å². The lowest BCUT2D eigenvalue weighted by Gasteiger charge is -2.14. The molecular formula is C25H13F5O4. The van der Waals surface area contributed by atoms with E-state index in [9.17, 15) is 31.5 Å². The van der Waals surface area contributed by atoms with Crippen molar-refractivity contribution in [1.29, 1.82) is 0 Å². The summed E-state index contributed by atoms with van der Waals surface area (Å²) < 4.78 is 78.1. The van der Waals surface area contributed by atoms with Crippen LogP contribution in [-0.4, -0.2) is 11.9 Å². The van der Waals surface area contributed by atoms with E-state index in [1.165, 1.54) is 18.2 Å². The van der Waals surface area contributed by atoms with Crippen molar-refractivity contribution in [1.82, 2.24) is 0 Å². The largest absolute Gasteiger partial charge is 0.422 e. The van der Waals surface area contributed by atoms with Gasteiger partial charge in [-0.2, -0.15) is 0 Å². The summed E-state index contributed by atoms with van der Waals surface area (Å²) in [6, 6.07) is 11.4. The van der Waals surface area contributed by atoms with Crippen LogP contribution in [0.1, 0.15) is 26.3 Å². The van der Waals surface area contributed by atoms with Crippen LogP contribution < -0.4 is 9.47 Å². The second kappa shape index (κ2) is 8.93. The molecular weight excluding hydrogens is 459 g/mol. The summed E-state index contributed by atoms with van der Waals surface area (Å²) in [5.41, 5.74) is -0.500. The molecule has 0 bridgehead atoms. The van der Waals surface area contributed by atoms with Crippen LogP contribution >= 0.6 is 0 Å². The van der Waals surface area contributed by atoms with E-state index in [4.69, 9.17) is 9.47 Å². The summed E-state index contributed by atoms with van der Waals surface area (Å²) in [5.74, 6) is -9.99. The third-order valence-corrected chi connectivity index (χ3v) is 4.86. The number of rotatable bonds is 4. The van der Waals surface area contributed by atoms with Gasteiger partial charge in [0.05, 0.1) is 16.5 Å². The minimum atomic E-state index is -1.83. The fourth-order valence-electron chi connectivity index (χ4n) is 3.28. The Hall–Kier alpha value is -4.27. The number of fused-ring (bicyclic) bond motifs is 1. The molecule has 0 atom stereocenters. The van der Waals surface area contributed by atoms with Gasteiger partial charge in [0.2, 0.25) is 0 Å². The molecule has 0 heterocycles. The zero-order valence-corrected chi connectivity index (χ0v) is 17.3. The van der Waals surface area contributed by atoms with Crippen LogP contribution in [0.2, 0.25) is 0 Å². The molecule has 0 N–H and O–H groups in total. The van der Waals surface area contributed by atoms with Gasteiger partial charge in [0.15, 0.2) is 29.1 Å². The van der Waals surface area contributed by atoms with Gasteiger partial charge in [0.1, 0.15) is 11.5 Å². The molecule has 0 saturated carbocycles. The van der Waals surface area contributed by atoms with Gasteiger partial charge < -0.3 is 9.47 Å². The lowest BCUT2D eigenvalue weighted by atomic mass is 10.1. The molecule has 0 aliphatic carbocycles. The molecule has 4 rings (SSSR count). The summed E-state index contributed by atoms with van der Waals surface area (Å²) >= 11 is 0. The quantitative estimate of drug-likeness (QED) is 0.152. The zero-order valence-electron chi connectivity index (χ0n) is 17.3. The highest BCUT2D eigenvalue weighted by atomic mass is 19.2. The molecule has 0 aliphatic rings. The molecule has 0 amide bonds. The number of esters is 2. The highest BCUT2D eigenvalue weighted by Crippen LogP contribution is 2.36. The van der Waals surface area contributed by atoms with E-state index >= 15 is 0 Å². The van der Waals surface area contributed by atoms with E-state index in [0.29, 0.717) is 23.1 Å². The average Bonchev–Trinajstić information content (AvgIpc) is 2.79. The highest BCUT2D eigenvalue weighted by molar-refractivity contribution is 6.01. The molecule has 0 spiro atoms. The normalized spacial score (nSPS) is 10.9. The Balaban J connectivity index is 1.74. The predicted molar refractivity (Wildman–Crippen MR) is 111 cm³/mol. The summed E-state index contributed by atoms with van der Waals surface area (Å²) in [4.78, 5) is 25.1. The molecule has 0 aliphatic heterocycles.